The number of carbonyl (C=O) groups is 3. The molecule has 1 aliphatic rings. The molecule has 2 N–H and O–H groups in total. The van der Waals surface area contributed by atoms with Crippen molar-refractivity contribution in [3.05, 3.63) is 33.5 Å². The van der Waals surface area contributed by atoms with E-state index in [1.165, 1.54) is 29.1 Å². The van der Waals surface area contributed by atoms with Crippen LogP contribution in [0, 0.1) is 0 Å². The van der Waals surface area contributed by atoms with E-state index in [0.717, 1.165) is 36.1 Å². The van der Waals surface area contributed by atoms with Gasteiger partial charge in [0.25, 0.3) is 5.91 Å². The van der Waals surface area contributed by atoms with Gasteiger partial charge in [-0.2, -0.15) is 5.10 Å². The number of esters is 1. The van der Waals surface area contributed by atoms with Crippen LogP contribution in [-0.4, -0.2) is 38.8 Å². The molecule has 27 heavy (non-hydrogen) atoms. The molecule has 0 aromatic carbocycles. The molecule has 1 aliphatic carbocycles. The molecule has 2 aromatic heterocycles. The summed E-state index contributed by atoms with van der Waals surface area (Å²) in [6.45, 7) is 3.55. The molecule has 0 aliphatic heterocycles. The Morgan fingerprint density at radius 1 is 1.30 bits per heavy atom. The summed E-state index contributed by atoms with van der Waals surface area (Å²) in [4.78, 5) is 37.4. The summed E-state index contributed by atoms with van der Waals surface area (Å²) in [5.41, 5.74) is 1.25. The van der Waals surface area contributed by atoms with Gasteiger partial charge < -0.3 is 15.2 Å². The maximum Gasteiger partial charge on any atom is 0.356 e. The van der Waals surface area contributed by atoms with Crippen LogP contribution < -0.4 is 5.32 Å². The van der Waals surface area contributed by atoms with Gasteiger partial charge in [-0.3, -0.25) is 9.48 Å². The number of aromatic nitrogens is 2. The van der Waals surface area contributed by atoms with E-state index in [1.807, 2.05) is 0 Å². The van der Waals surface area contributed by atoms with Gasteiger partial charge in [0, 0.05) is 18.0 Å². The third-order valence-electron chi connectivity index (χ3n) is 4.28. The van der Waals surface area contributed by atoms with Crippen molar-refractivity contribution in [2.24, 2.45) is 7.05 Å². The Labute approximate surface area is 160 Å². The number of hydrogen-bond donors (Lipinski definition) is 2. The molecule has 0 fully saturated rings. The summed E-state index contributed by atoms with van der Waals surface area (Å²) >= 11 is 1.38. The smallest absolute Gasteiger partial charge is 0.356 e. The predicted octanol–water partition coefficient (Wildman–Crippen LogP) is 2.88. The third kappa shape index (κ3) is 3.87. The number of amides is 1. The highest BCUT2D eigenvalue weighted by Crippen LogP contribution is 2.39. The molecule has 0 bridgehead atoms. The van der Waals surface area contributed by atoms with Gasteiger partial charge in [0.05, 0.1) is 11.7 Å². The number of nitrogens with zero attached hydrogens (tertiary/aromatic N) is 2. The maximum atomic E-state index is 12.7. The molecule has 0 unspecified atom stereocenters. The van der Waals surface area contributed by atoms with E-state index < -0.39 is 17.8 Å². The highest BCUT2D eigenvalue weighted by atomic mass is 32.1. The maximum absolute atomic E-state index is 12.7. The van der Waals surface area contributed by atoms with Crippen LogP contribution in [0.4, 0.5) is 5.00 Å². The van der Waals surface area contributed by atoms with Crippen LogP contribution in [0.5, 0.6) is 0 Å². The predicted molar refractivity (Wildman–Crippen MR) is 99.6 cm³/mol. The van der Waals surface area contributed by atoms with Crippen molar-refractivity contribution in [3.8, 4) is 0 Å². The first-order valence-corrected chi connectivity index (χ1v) is 9.53. The largest absolute Gasteiger partial charge is 0.476 e. The Morgan fingerprint density at radius 3 is 2.63 bits per heavy atom. The average Bonchev–Trinajstić information content (AvgIpc) is 3.14. The topological polar surface area (TPSA) is 111 Å². The number of ether oxygens (including phenoxy) is 1. The first kappa shape index (κ1) is 19.1. The summed E-state index contributed by atoms with van der Waals surface area (Å²) in [6.07, 6.45) is 3.41. The number of nitrogens with one attached hydrogen (secondary N) is 1. The van der Waals surface area contributed by atoms with Gasteiger partial charge in [-0.1, -0.05) is 0 Å². The first-order valence-electron chi connectivity index (χ1n) is 8.72. The molecule has 2 heterocycles. The minimum atomic E-state index is -1.21. The Hall–Kier alpha value is -2.68. The lowest BCUT2D eigenvalue weighted by molar-refractivity contribution is 0.0378. The monoisotopic (exact) mass is 391 g/mol. The fourth-order valence-corrected chi connectivity index (χ4v) is 4.37. The molecule has 0 saturated heterocycles. The highest BCUT2D eigenvalue weighted by molar-refractivity contribution is 7.17. The molecule has 9 heteroatoms. The normalized spacial score (nSPS) is 13.3. The first-order chi connectivity index (χ1) is 12.8. The average molecular weight is 391 g/mol. The molecular weight excluding hydrogens is 370 g/mol. The zero-order chi connectivity index (χ0) is 19.7. The van der Waals surface area contributed by atoms with E-state index in [4.69, 9.17) is 9.84 Å². The van der Waals surface area contributed by atoms with Crippen LogP contribution in [0.15, 0.2) is 6.07 Å². The molecule has 0 atom stereocenters. The second-order valence-electron chi connectivity index (χ2n) is 6.67. The SMILES string of the molecule is CC(C)OC(=O)c1c(NC(=O)c2cc(C(=O)O)nn2C)sc2c1CCCC2. The molecule has 0 spiro atoms. The molecule has 2 aromatic rings. The molecule has 0 saturated carbocycles. The number of carbonyl (C=O) groups excluding carboxylic acids is 2. The second kappa shape index (κ2) is 7.51. The lowest BCUT2D eigenvalue weighted by Crippen LogP contribution is -2.19. The Bertz CT molecular complexity index is 912. The lowest BCUT2D eigenvalue weighted by Gasteiger charge is -2.14. The van der Waals surface area contributed by atoms with Gasteiger partial charge in [-0.25, -0.2) is 9.59 Å². The molecule has 1 amide bonds. The standard InChI is InChI=1S/C18H21N3O5S/c1-9(2)26-18(25)14-10-6-4-5-7-13(10)27-16(14)19-15(22)12-8-11(17(23)24)20-21(12)3/h8-9H,4-7H2,1-3H3,(H,19,22)(H,23,24). The van der Waals surface area contributed by atoms with Crippen molar-refractivity contribution in [1.82, 2.24) is 9.78 Å². The highest BCUT2D eigenvalue weighted by Gasteiger charge is 2.28. The van der Waals surface area contributed by atoms with Crippen molar-refractivity contribution in [3.63, 3.8) is 0 Å². The number of aromatic carboxylic acids is 1. The third-order valence-corrected chi connectivity index (χ3v) is 5.48. The minimum Gasteiger partial charge on any atom is -0.476 e. The summed E-state index contributed by atoms with van der Waals surface area (Å²) in [7, 11) is 1.49. The van der Waals surface area contributed by atoms with Gasteiger partial charge in [0.2, 0.25) is 0 Å². The molecule has 0 radical (unpaired) electrons. The number of anilines is 1. The fraction of sp³-hybridized carbons (Fsp3) is 0.444. The van der Waals surface area contributed by atoms with Crippen molar-refractivity contribution < 1.29 is 24.2 Å². The van der Waals surface area contributed by atoms with E-state index >= 15 is 0 Å². The van der Waals surface area contributed by atoms with Crippen LogP contribution in [0.25, 0.3) is 0 Å². The van der Waals surface area contributed by atoms with Crippen LogP contribution in [0.2, 0.25) is 0 Å². The molecular formula is C18H21N3O5S. The zero-order valence-electron chi connectivity index (χ0n) is 15.4. The van der Waals surface area contributed by atoms with E-state index in [0.29, 0.717) is 10.6 Å². The van der Waals surface area contributed by atoms with E-state index in [9.17, 15) is 14.4 Å². The quantitative estimate of drug-likeness (QED) is 0.758. The van der Waals surface area contributed by atoms with Gasteiger partial charge in [-0.05, 0) is 45.1 Å². The number of fused-ring (bicyclic) bond motifs is 1. The Balaban J connectivity index is 1.94. The van der Waals surface area contributed by atoms with Crippen molar-refractivity contribution in [2.75, 3.05) is 5.32 Å². The number of rotatable bonds is 5. The number of carboxylic acid groups (broad SMARTS) is 1. The van der Waals surface area contributed by atoms with E-state index in [-0.39, 0.29) is 17.5 Å². The zero-order valence-corrected chi connectivity index (χ0v) is 16.2. The van der Waals surface area contributed by atoms with Gasteiger partial charge in [0.15, 0.2) is 5.69 Å². The Morgan fingerprint density at radius 2 is 2.00 bits per heavy atom. The second-order valence-corrected chi connectivity index (χ2v) is 7.77. The Kier molecular flexibility index (Phi) is 5.31. The van der Waals surface area contributed by atoms with Crippen molar-refractivity contribution >= 4 is 34.2 Å². The van der Waals surface area contributed by atoms with Crippen LogP contribution in [-0.2, 0) is 24.6 Å². The van der Waals surface area contributed by atoms with Crippen LogP contribution >= 0.6 is 11.3 Å². The van der Waals surface area contributed by atoms with Crippen molar-refractivity contribution in [2.45, 2.75) is 45.6 Å². The molecule has 8 nitrogen and oxygen atoms in total. The summed E-state index contributed by atoms with van der Waals surface area (Å²) in [6, 6.07) is 1.21. The van der Waals surface area contributed by atoms with E-state index in [1.54, 1.807) is 13.8 Å². The fourth-order valence-electron chi connectivity index (χ4n) is 3.09. The number of hydrogen-bond acceptors (Lipinski definition) is 6. The van der Waals surface area contributed by atoms with Crippen LogP contribution in [0.1, 0.15) is 68.5 Å². The minimum absolute atomic E-state index is 0.0990. The van der Waals surface area contributed by atoms with Crippen LogP contribution in [0.3, 0.4) is 0 Å². The van der Waals surface area contributed by atoms with E-state index in [2.05, 4.69) is 10.4 Å². The number of thiophene rings is 1. The van der Waals surface area contributed by atoms with Gasteiger partial charge >= 0.3 is 11.9 Å². The van der Waals surface area contributed by atoms with Crippen molar-refractivity contribution in [1.29, 1.82) is 0 Å². The summed E-state index contributed by atoms with van der Waals surface area (Å²) in [5, 5.41) is 16.0. The molecule has 144 valence electrons. The lowest BCUT2D eigenvalue weighted by atomic mass is 9.95. The molecule has 3 rings (SSSR count). The number of aryl methyl sites for hydroxylation is 2. The van der Waals surface area contributed by atoms with Gasteiger partial charge in [-0.15, -0.1) is 11.3 Å². The van der Waals surface area contributed by atoms with Gasteiger partial charge in [0.1, 0.15) is 10.7 Å². The summed E-state index contributed by atoms with van der Waals surface area (Å²) in [5.74, 6) is -2.18. The number of carboxylic acids is 1. The summed E-state index contributed by atoms with van der Waals surface area (Å²) < 4.78 is 6.58.